The minimum absolute atomic E-state index is 0.160. The Hall–Kier alpha value is -2.64. The number of benzene rings is 1. The molecule has 0 saturated carbocycles. The highest BCUT2D eigenvalue weighted by Crippen LogP contribution is 2.29. The van der Waals surface area contributed by atoms with E-state index in [-0.39, 0.29) is 11.1 Å². The zero-order chi connectivity index (χ0) is 14.8. The van der Waals surface area contributed by atoms with Gasteiger partial charge in [-0.05, 0) is 30.0 Å². The van der Waals surface area contributed by atoms with Crippen LogP contribution in [0.1, 0.15) is 11.1 Å². The molecule has 0 fully saturated rings. The lowest BCUT2D eigenvalue weighted by atomic mass is 10.0. The number of nitrogens with one attached hydrogen (secondary N) is 1. The van der Waals surface area contributed by atoms with Gasteiger partial charge in [0.1, 0.15) is 11.6 Å². The van der Waals surface area contributed by atoms with Gasteiger partial charge in [-0.25, -0.2) is 0 Å². The molecule has 0 amide bonds. The Bertz CT molecular complexity index is 869. The third-order valence-corrected chi connectivity index (χ3v) is 4.20. The van der Waals surface area contributed by atoms with E-state index < -0.39 is 0 Å². The van der Waals surface area contributed by atoms with Crippen LogP contribution in [0, 0.1) is 18.3 Å². The molecule has 4 heteroatoms. The van der Waals surface area contributed by atoms with Gasteiger partial charge in [-0.2, -0.15) is 5.26 Å². The fourth-order valence-corrected chi connectivity index (χ4v) is 2.93. The smallest absolute Gasteiger partial charge is 0.267 e. The Balaban J connectivity index is 2.23. The van der Waals surface area contributed by atoms with E-state index in [1.807, 2.05) is 60.8 Å². The fourth-order valence-electron chi connectivity index (χ4n) is 2.19. The molecule has 2 heterocycles. The Morgan fingerprint density at radius 2 is 1.95 bits per heavy atom. The van der Waals surface area contributed by atoms with Crippen LogP contribution in [0.5, 0.6) is 0 Å². The van der Waals surface area contributed by atoms with Gasteiger partial charge in [-0.3, -0.25) is 4.79 Å². The summed E-state index contributed by atoms with van der Waals surface area (Å²) in [5, 5.41) is 11.2. The minimum atomic E-state index is -0.348. The van der Waals surface area contributed by atoms with Crippen molar-refractivity contribution in [3.8, 4) is 27.8 Å². The number of rotatable bonds is 2. The van der Waals surface area contributed by atoms with E-state index in [0.717, 1.165) is 21.7 Å². The number of H-pyrrole nitrogens is 1. The minimum Gasteiger partial charge on any atom is -0.321 e. The van der Waals surface area contributed by atoms with Crippen LogP contribution >= 0.6 is 11.3 Å². The number of aromatic nitrogens is 1. The topological polar surface area (TPSA) is 56.6 Å². The lowest BCUT2D eigenvalue weighted by molar-refractivity contribution is 1.22. The Morgan fingerprint density at radius 1 is 1.19 bits per heavy atom. The zero-order valence-electron chi connectivity index (χ0n) is 11.4. The van der Waals surface area contributed by atoms with Crippen LogP contribution in [-0.4, -0.2) is 4.98 Å². The first-order valence-electron chi connectivity index (χ1n) is 6.47. The summed E-state index contributed by atoms with van der Waals surface area (Å²) < 4.78 is 0. The van der Waals surface area contributed by atoms with Crippen LogP contribution in [0.15, 0.2) is 52.6 Å². The molecule has 3 aromatic rings. The van der Waals surface area contributed by atoms with Gasteiger partial charge in [-0.1, -0.05) is 35.9 Å². The fraction of sp³-hybridized carbons (Fsp3) is 0.0588. The molecule has 0 unspecified atom stereocenters. The van der Waals surface area contributed by atoms with E-state index in [9.17, 15) is 10.1 Å². The Kier molecular flexibility index (Phi) is 3.43. The third-order valence-electron chi connectivity index (χ3n) is 3.29. The summed E-state index contributed by atoms with van der Waals surface area (Å²) in [6.45, 7) is 2.02. The van der Waals surface area contributed by atoms with Crippen molar-refractivity contribution in [3.05, 3.63) is 69.3 Å². The highest BCUT2D eigenvalue weighted by atomic mass is 32.1. The highest BCUT2D eigenvalue weighted by Gasteiger charge is 2.12. The van der Waals surface area contributed by atoms with Crippen molar-refractivity contribution in [3.63, 3.8) is 0 Å². The van der Waals surface area contributed by atoms with Crippen LogP contribution in [0.2, 0.25) is 0 Å². The van der Waals surface area contributed by atoms with E-state index in [0.29, 0.717) is 5.56 Å². The molecule has 0 aliphatic rings. The van der Waals surface area contributed by atoms with Gasteiger partial charge in [-0.15, -0.1) is 11.3 Å². The van der Waals surface area contributed by atoms with Crippen molar-refractivity contribution >= 4 is 11.3 Å². The molecule has 0 aliphatic heterocycles. The van der Waals surface area contributed by atoms with Gasteiger partial charge < -0.3 is 4.98 Å². The summed E-state index contributed by atoms with van der Waals surface area (Å²) in [5.74, 6) is 0. The van der Waals surface area contributed by atoms with E-state index >= 15 is 0 Å². The van der Waals surface area contributed by atoms with Crippen LogP contribution in [0.25, 0.3) is 21.7 Å². The van der Waals surface area contributed by atoms with Crippen molar-refractivity contribution in [1.29, 1.82) is 5.26 Å². The Labute approximate surface area is 126 Å². The average Bonchev–Trinajstić information content (AvgIpc) is 3.01. The highest BCUT2D eigenvalue weighted by molar-refractivity contribution is 7.13. The van der Waals surface area contributed by atoms with Crippen molar-refractivity contribution in [2.24, 2.45) is 0 Å². The quantitative estimate of drug-likeness (QED) is 0.777. The van der Waals surface area contributed by atoms with E-state index in [4.69, 9.17) is 0 Å². The lowest BCUT2D eigenvalue weighted by Crippen LogP contribution is -2.12. The summed E-state index contributed by atoms with van der Waals surface area (Å²) in [5.41, 5.74) is 3.31. The molecule has 3 rings (SSSR count). The molecule has 1 N–H and O–H groups in total. The second kappa shape index (κ2) is 5.39. The maximum atomic E-state index is 12.2. The first kappa shape index (κ1) is 13.3. The number of pyridine rings is 1. The number of thiophene rings is 1. The summed E-state index contributed by atoms with van der Waals surface area (Å²) in [4.78, 5) is 15.9. The first-order valence-corrected chi connectivity index (χ1v) is 7.35. The number of hydrogen-bond donors (Lipinski definition) is 1. The molecule has 21 heavy (non-hydrogen) atoms. The number of nitriles is 1. The monoisotopic (exact) mass is 292 g/mol. The van der Waals surface area contributed by atoms with Gasteiger partial charge in [0, 0.05) is 16.1 Å². The van der Waals surface area contributed by atoms with E-state index in [1.54, 1.807) is 0 Å². The molecule has 3 nitrogen and oxygen atoms in total. The predicted molar refractivity (Wildman–Crippen MR) is 85.3 cm³/mol. The molecule has 2 aromatic heterocycles. The molecule has 0 saturated heterocycles. The summed E-state index contributed by atoms with van der Waals surface area (Å²) >= 11 is 1.52. The third kappa shape index (κ3) is 2.51. The molecule has 0 atom stereocenters. The number of aryl methyl sites for hydroxylation is 1. The van der Waals surface area contributed by atoms with Crippen molar-refractivity contribution in [1.82, 2.24) is 4.98 Å². The molecule has 0 aliphatic carbocycles. The number of nitrogens with zero attached hydrogens (tertiary/aromatic N) is 1. The van der Waals surface area contributed by atoms with Crippen LogP contribution < -0.4 is 5.56 Å². The molecular weight excluding hydrogens is 280 g/mol. The summed E-state index contributed by atoms with van der Waals surface area (Å²) in [6, 6.07) is 15.6. The summed E-state index contributed by atoms with van der Waals surface area (Å²) in [6.07, 6.45) is 0. The molecule has 102 valence electrons. The van der Waals surface area contributed by atoms with E-state index in [2.05, 4.69) is 4.98 Å². The van der Waals surface area contributed by atoms with Gasteiger partial charge in [0.05, 0.1) is 0 Å². The normalized spacial score (nSPS) is 10.3. The maximum Gasteiger partial charge on any atom is 0.267 e. The second-order valence-electron chi connectivity index (χ2n) is 4.76. The average molecular weight is 292 g/mol. The Morgan fingerprint density at radius 3 is 2.57 bits per heavy atom. The van der Waals surface area contributed by atoms with Crippen LogP contribution in [0.4, 0.5) is 0 Å². The second-order valence-corrected chi connectivity index (χ2v) is 5.70. The van der Waals surface area contributed by atoms with Gasteiger partial charge >= 0.3 is 0 Å². The predicted octanol–water partition coefficient (Wildman–Crippen LogP) is 3.95. The molecule has 0 bridgehead atoms. The summed E-state index contributed by atoms with van der Waals surface area (Å²) in [7, 11) is 0. The largest absolute Gasteiger partial charge is 0.321 e. The standard InChI is InChI=1S/C17H12N2OS/c1-11-4-6-12(7-5-11)15-9-13(16-3-2-8-21-16)14(10-18)17(20)19-15/h2-9H,1H3,(H,19,20). The van der Waals surface area contributed by atoms with Crippen LogP contribution in [-0.2, 0) is 0 Å². The molecular formula is C17H12N2OS. The number of hydrogen-bond acceptors (Lipinski definition) is 3. The molecule has 1 aromatic carbocycles. The van der Waals surface area contributed by atoms with Crippen molar-refractivity contribution in [2.45, 2.75) is 6.92 Å². The van der Waals surface area contributed by atoms with Crippen LogP contribution in [0.3, 0.4) is 0 Å². The van der Waals surface area contributed by atoms with E-state index in [1.165, 1.54) is 11.3 Å². The number of aromatic amines is 1. The van der Waals surface area contributed by atoms with Crippen molar-refractivity contribution in [2.75, 3.05) is 0 Å². The van der Waals surface area contributed by atoms with Gasteiger partial charge in [0.2, 0.25) is 0 Å². The molecule has 0 spiro atoms. The van der Waals surface area contributed by atoms with Crippen molar-refractivity contribution < 1.29 is 0 Å². The van der Waals surface area contributed by atoms with Gasteiger partial charge in [0.15, 0.2) is 0 Å². The SMILES string of the molecule is Cc1ccc(-c2cc(-c3cccs3)c(C#N)c(=O)[nH]2)cc1. The zero-order valence-corrected chi connectivity index (χ0v) is 12.2. The lowest BCUT2D eigenvalue weighted by Gasteiger charge is -2.06. The first-order chi connectivity index (χ1) is 10.2. The van der Waals surface area contributed by atoms with Gasteiger partial charge in [0.25, 0.3) is 5.56 Å². The maximum absolute atomic E-state index is 12.2. The molecule has 0 radical (unpaired) electrons.